The van der Waals surface area contributed by atoms with Gasteiger partial charge in [0.2, 0.25) is 0 Å². The second kappa shape index (κ2) is 10.8. The summed E-state index contributed by atoms with van der Waals surface area (Å²) in [5.41, 5.74) is 6.40. The van der Waals surface area contributed by atoms with E-state index in [1.165, 1.54) is 0 Å². The highest BCUT2D eigenvalue weighted by atomic mass is 16.1. The third-order valence-electron chi connectivity index (χ3n) is 5.66. The Bertz CT molecular complexity index is 1310. The molecule has 1 aromatic carbocycles. The van der Waals surface area contributed by atoms with E-state index in [-0.39, 0.29) is 18.4 Å². The van der Waals surface area contributed by atoms with Gasteiger partial charge in [-0.1, -0.05) is 13.0 Å². The highest BCUT2D eigenvalue weighted by Crippen LogP contribution is 2.28. The minimum atomic E-state index is -0.219. The number of hydrogen-bond donors (Lipinski definition) is 1. The van der Waals surface area contributed by atoms with Crippen LogP contribution >= 0.6 is 0 Å². The smallest absolute Gasteiger partial charge is 0.251 e. The number of carbonyl (C=O) groups is 2. The quantitative estimate of drug-likeness (QED) is 0.370. The number of aromatic nitrogens is 5. The molecular weight excluding hydrogens is 440 g/mol. The summed E-state index contributed by atoms with van der Waals surface area (Å²) in [5.74, 6) is -0.0746. The van der Waals surface area contributed by atoms with Crippen LogP contribution in [0, 0.1) is 19.8 Å². The maximum Gasteiger partial charge on any atom is 0.251 e. The average Bonchev–Trinajstić information content (AvgIpc) is 3.32. The van der Waals surface area contributed by atoms with Gasteiger partial charge in [0.05, 0.1) is 35.5 Å². The number of rotatable bonds is 9. The summed E-state index contributed by atoms with van der Waals surface area (Å²) < 4.78 is 1.87. The molecule has 178 valence electrons. The Kier molecular flexibility index (Phi) is 7.40. The van der Waals surface area contributed by atoms with Gasteiger partial charge in [-0.15, -0.1) is 0 Å². The molecular formula is C27H28N6O2. The zero-order valence-electron chi connectivity index (χ0n) is 20.1. The Morgan fingerprint density at radius 3 is 2.57 bits per heavy atom. The number of nitrogens with zero attached hydrogens (tertiary/aromatic N) is 5. The van der Waals surface area contributed by atoms with Crippen molar-refractivity contribution in [3.05, 3.63) is 83.7 Å². The van der Waals surface area contributed by atoms with Crippen LogP contribution < -0.4 is 5.32 Å². The van der Waals surface area contributed by atoms with Gasteiger partial charge in [-0.05, 0) is 55.7 Å². The van der Waals surface area contributed by atoms with E-state index in [4.69, 9.17) is 0 Å². The highest BCUT2D eigenvalue weighted by Gasteiger charge is 2.15. The van der Waals surface area contributed by atoms with Crippen LogP contribution in [0.3, 0.4) is 0 Å². The van der Waals surface area contributed by atoms with Crippen LogP contribution in [0.2, 0.25) is 0 Å². The van der Waals surface area contributed by atoms with Gasteiger partial charge in [0.25, 0.3) is 5.91 Å². The van der Waals surface area contributed by atoms with Crippen LogP contribution in [0.1, 0.15) is 40.7 Å². The lowest BCUT2D eigenvalue weighted by atomic mass is 10.00. The summed E-state index contributed by atoms with van der Waals surface area (Å²) in [4.78, 5) is 37.2. The van der Waals surface area contributed by atoms with E-state index in [1.807, 2.05) is 68.0 Å². The predicted octanol–water partition coefficient (Wildman–Crippen LogP) is 4.17. The van der Waals surface area contributed by atoms with Crippen LogP contribution in [0.15, 0.2) is 61.2 Å². The van der Waals surface area contributed by atoms with E-state index >= 15 is 0 Å². The number of aldehydes is 1. The molecule has 4 rings (SSSR count). The SMILES string of the molecule is Cc1ccc(-c2cc(C(=O)NCc3cnc(C)cn3)cc(-c3ccnn3CC(C)CC=O)c2)nc1. The second-order valence-corrected chi connectivity index (χ2v) is 8.76. The van der Waals surface area contributed by atoms with Crippen molar-refractivity contribution in [1.82, 2.24) is 30.0 Å². The number of pyridine rings is 1. The summed E-state index contributed by atoms with van der Waals surface area (Å²) in [7, 11) is 0. The second-order valence-electron chi connectivity index (χ2n) is 8.76. The summed E-state index contributed by atoms with van der Waals surface area (Å²) in [6, 6.07) is 11.6. The molecule has 0 aliphatic rings. The van der Waals surface area contributed by atoms with E-state index in [9.17, 15) is 9.59 Å². The third-order valence-corrected chi connectivity index (χ3v) is 5.66. The van der Waals surface area contributed by atoms with Crippen molar-refractivity contribution in [2.24, 2.45) is 5.92 Å². The largest absolute Gasteiger partial charge is 0.346 e. The summed E-state index contributed by atoms with van der Waals surface area (Å²) in [5, 5.41) is 7.39. The number of aryl methyl sites for hydroxylation is 2. The minimum absolute atomic E-state index is 0.145. The maximum atomic E-state index is 13.2. The van der Waals surface area contributed by atoms with E-state index in [2.05, 4.69) is 25.4 Å². The zero-order valence-corrected chi connectivity index (χ0v) is 20.1. The first-order valence-electron chi connectivity index (χ1n) is 11.5. The Morgan fingerprint density at radius 1 is 1.03 bits per heavy atom. The molecule has 0 saturated heterocycles. The highest BCUT2D eigenvalue weighted by molar-refractivity contribution is 5.97. The number of hydrogen-bond acceptors (Lipinski definition) is 6. The lowest BCUT2D eigenvalue weighted by Crippen LogP contribution is -2.23. The first-order valence-corrected chi connectivity index (χ1v) is 11.5. The first kappa shape index (κ1) is 23.9. The molecule has 0 aliphatic heterocycles. The molecule has 0 saturated carbocycles. The molecule has 3 aromatic heterocycles. The van der Waals surface area contributed by atoms with Crippen molar-refractivity contribution in [2.75, 3.05) is 0 Å². The molecule has 0 bridgehead atoms. The lowest BCUT2D eigenvalue weighted by molar-refractivity contribution is -0.108. The van der Waals surface area contributed by atoms with Gasteiger partial charge in [0, 0.05) is 48.2 Å². The molecule has 1 unspecified atom stereocenters. The number of benzene rings is 1. The van der Waals surface area contributed by atoms with Crippen LogP contribution in [0.4, 0.5) is 0 Å². The van der Waals surface area contributed by atoms with E-state index in [0.717, 1.165) is 40.1 Å². The van der Waals surface area contributed by atoms with Crippen molar-refractivity contribution in [3.8, 4) is 22.5 Å². The van der Waals surface area contributed by atoms with Gasteiger partial charge < -0.3 is 10.1 Å². The predicted molar refractivity (Wildman–Crippen MR) is 133 cm³/mol. The first-order chi connectivity index (χ1) is 16.9. The molecule has 1 N–H and O–H groups in total. The molecule has 8 heteroatoms. The Hall–Kier alpha value is -4.20. The van der Waals surface area contributed by atoms with Crippen molar-refractivity contribution in [2.45, 2.75) is 40.3 Å². The van der Waals surface area contributed by atoms with Crippen molar-refractivity contribution >= 4 is 12.2 Å². The molecule has 3 heterocycles. The van der Waals surface area contributed by atoms with E-state index in [1.54, 1.807) is 18.6 Å². The van der Waals surface area contributed by atoms with Crippen LogP contribution in [0.5, 0.6) is 0 Å². The van der Waals surface area contributed by atoms with Gasteiger partial charge in [0.15, 0.2) is 0 Å². The van der Waals surface area contributed by atoms with Crippen molar-refractivity contribution in [1.29, 1.82) is 0 Å². The molecule has 1 amide bonds. The summed E-state index contributed by atoms with van der Waals surface area (Å²) in [6.45, 7) is 6.74. The molecule has 0 aliphatic carbocycles. The van der Waals surface area contributed by atoms with Crippen LogP contribution in [0.25, 0.3) is 22.5 Å². The Morgan fingerprint density at radius 2 is 1.86 bits per heavy atom. The molecule has 35 heavy (non-hydrogen) atoms. The number of carbonyl (C=O) groups excluding carboxylic acids is 2. The maximum absolute atomic E-state index is 13.2. The fourth-order valence-electron chi connectivity index (χ4n) is 3.73. The minimum Gasteiger partial charge on any atom is -0.346 e. The summed E-state index contributed by atoms with van der Waals surface area (Å²) >= 11 is 0. The fraction of sp³-hybridized carbons (Fsp3) is 0.259. The molecule has 1 atom stereocenters. The lowest BCUT2D eigenvalue weighted by Gasteiger charge is -2.14. The van der Waals surface area contributed by atoms with Gasteiger partial charge >= 0.3 is 0 Å². The molecule has 4 aromatic rings. The van der Waals surface area contributed by atoms with Gasteiger partial charge in [0.1, 0.15) is 6.29 Å². The fourth-order valence-corrected chi connectivity index (χ4v) is 3.73. The van der Waals surface area contributed by atoms with Gasteiger partial charge in [-0.2, -0.15) is 5.10 Å². The Balaban J connectivity index is 1.68. The van der Waals surface area contributed by atoms with Crippen molar-refractivity contribution in [3.63, 3.8) is 0 Å². The topological polar surface area (TPSA) is 103 Å². The van der Waals surface area contributed by atoms with Crippen molar-refractivity contribution < 1.29 is 9.59 Å². The standard InChI is InChI=1S/C27H28N6O2/c1-18-4-5-25(30-13-18)21-10-22(26-6-8-32-33(26)17-19(2)7-9-34)12-23(11-21)27(35)31-16-24-15-28-20(3)14-29-24/h4-6,8-15,19H,7,16-17H2,1-3H3,(H,31,35). The van der Waals surface area contributed by atoms with Gasteiger partial charge in [-0.3, -0.25) is 24.4 Å². The van der Waals surface area contributed by atoms with Crippen LogP contribution in [-0.4, -0.2) is 36.9 Å². The average molecular weight is 469 g/mol. The summed E-state index contributed by atoms with van der Waals surface area (Å²) in [6.07, 6.45) is 8.27. The molecule has 8 nitrogen and oxygen atoms in total. The zero-order chi connectivity index (χ0) is 24.8. The monoisotopic (exact) mass is 468 g/mol. The van der Waals surface area contributed by atoms with E-state index in [0.29, 0.717) is 24.2 Å². The molecule has 0 radical (unpaired) electrons. The molecule has 0 fully saturated rings. The Labute approximate surface area is 204 Å². The third kappa shape index (κ3) is 6.03. The number of amides is 1. The normalized spacial score (nSPS) is 11.7. The van der Waals surface area contributed by atoms with E-state index < -0.39 is 0 Å². The van der Waals surface area contributed by atoms with Gasteiger partial charge in [-0.25, -0.2) is 0 Å². The van der Waals surface area contributed by atoms with Crippen LogP contribution in [-0.2, 0) is 17.9 Å². The number of nitrogens with one attached hydrogen (secondary N) is 1. The molecule has 0 spiro atoms.